The standard InChI is InChI=1S/C18H22N2O2S/c1-5-10-18(4,11-21)20-17(22)13(6-2)14-8-7-9-15-16(14)19-12(3)23-15/h7-9,13,21H,6,11H2,1-4H3,(H,20,22). The fourth-order valence-corrected chi connectivity index (χ4v) is 3.52. The van der Waals surface area contributed by atoms with Crippen LogP contribution >= 0.6 is 11.3 Å². The van der Waals surface area contributed by atoms with Gasteiger partial charge in [-0.05, 0) is 38.8 Å². The van der Waals surface area contributed by atoms with Crippen LogP contribution in [0.3, 0.4) is 0 Å². The lowest BCUT2D eigenvalue weighted by molar-refractivity contribution is -0.124. The normalized spacial score (nSPS) is 14.7. The first-order valence-corrected chi connectivity index (χ1v) is 8.48. The van der Waals surface area contributed by atoms with Crippen LogP contribution < -0.4 is 5.32 Å². The molecular formula is C18H22N2O2S. The maximum absolute atomic E-state index is 12.8. The van der Waals surface area contributed by atoms with Crippen LogP contribution in [0.15, 0.2) is 18.2 Å². The number of aromatic nitrogens is 1. The number of thiazole rings is 1. The van der Waals surface area contributed by atoms with Gasteiger partial charge in [0.1, 0.15) is 5.54 Å². The Kier molecular flexibility index (Phi) is 5.40. The van der Waals surface area contributed by atoms with E-state index in [1.165, 1.54) is 0 Å². The lowest BCUT2D eigenvalue weighted by Crippen LogP contribution is -2.49. The maximum atomic E-state index is 12.8. The molecule has 0 spiro atoms. The van der Waals surface area contributed by atoms with Crippen LogP contribution in [-0.4, -0.2) is 28.1 Å². The summed E-state index contributed by atoms with van der Waals surface area (Å²) in [6.45, 7) is 7.13. The van der Waals surface area contributed by atoms with Gasteiger partial charge in [0.15, 0.2) is 0 Å². The number of nitrogens with one attached hydrogen (secondary N) is 1. The van der Waals surface area contributed by atoms with Gasteiger partial charge in [-0.1, -0.05) is 25.0 Å². The summed E-state index contributed by atoms with van der Waals surface area (Å²) in [6.07, 6.45) is 0.655. The molecule has 2 atom stereocenters. The molecule has 4 nitrogen and oxygen atoms in total. The lowest BCUT2D eigenvalue weighted by atomic mass is 9.93. The molecule has 0 fully saturated rings. The number of amides is 1. The van der Waals surface area contributed by atoms with E-state index in [-0.39, 0.29) is 18.4 Å². The number of carbonyl (C=O) groups excluding carboxylic acids is 1. The van der Waals surface area contributed by atoms with Gasteiger partial charge < -0.3 is 10.4 Å². The Balaban J connectivity index is 2.37. The minimum Gasteiger partial charge on any atom is -0.393 e. The number of aryl methyl sites for hydroxylation is 1. The average Bonchev–Trinajstić information content (AvgIpc) is 2.89. The summed E-state index contributed by atoms with van der Waals surface area (Å²) in [4.78, 5) is 17.3. The SMILES string of the molecule is CC#CC(C)(CO)NC(=O)C(CC)c1cccc2sc(C)nc12. The van der Waals surface area contributed by atoms with E-state index in [0.717, 1.165) is 20.8 Å². The van der Waals surface area contributed by atoms with Crippen LogP contribution in [0, 0.1) is 18.8 Å². The zero-order valence-electron chi connectivity index (χ0n) is 13.9. The van der Waals surface area contributed by atoms with Crippen molar-refractivity contribution < 1.29 is 9.90 Å². The van der Waals surface area contributed by atoms with Gasteiger partial charge in [-0.2, -0.15) is 0 Å². The number of aliphatic hydroxyl groups is 1. The van der Waals surface area contributed by atoms with Crippen molar-refractivity contribution in [2.75, 3.05) is 6.61 Å². The predicted molar refractivity (Wildman–Crippen MR) is 94.5 cm³/mol. The summed E-state index contributed by atoms with van der Waals surface area (Å²) >= 11 is 1.63. The molecule has 0 radical (unpaired) electrons. The smallest absolute Gasteiger partial charge is 0.228 e. The number of carbonyl (C=O) groups is 1. The molecule has 0 saturated carbocycles. The van der Waals surface area contributed by atoms with Crippen LogP contribution in [0.1, 0.15) is 43.7 Å². The second-order valence-electron chi connectivity index (χ2n) is 5.74. The third-order valence-corrected chi connectivity index (χ3v) is 4.71. The first kappa shape index (κ1) is 17.5. The first-order chi connectivity index (χ1) is 10.9. The van der Waals surface area contributed by atoms with Crippen molar-refractivity contribution >= 4 is 27.5 Å². The molecule has 122 valence electrons. The Labute approximate surface area is 140 Å². The van der Waals surface area contributed by atoms with E-state index in [0.29, 0.717) is 6.42 Å². The largest absolute Gasteiger partial charge is 0.393 e. The number of rotatable bonds is 5. The van der Waals surface area contributed by atoms with Crippen molar-refractivity contribution in [2.24, 2.45) is 0 Å². The van der Waals surface area contributed by atoms with Crippen molar-refractivity contribution in [1.82, 2.24) is 10.3 Å². The molecule has 23 heavy (non-hydrogen) atoms. The van der Waals surface area contributed by atoms with Crippen molar-refractivity contribution in [3.63, 3.8) is 0 Å². The molecule has 0 saturated heterocycles. The molecule has 0 bridgehead atoms. The quantitative estimate of drug-likeness (QED) is 0.829. The number of aliphatic hydroxyl groups excluding tert-OH is 1. The molecule has 1 aromatic carbocycles. The summed E-state index contributed by atoms with van der Waals surface area (Å²) in [5.74, 6) is 5.18. The maximum Gasteiger partial charge on any atom is 0.228 e. The van der Waals surface area contributed by atoms with E-state index in [9.17, 15) is 9.90 Å². The molecule has 2 rings (SSSR count). The zero-order chi connectivity index (χ0) is 17.0. The number of benzene rings is 1. The zero-order valence-corrected chi connectivity index (χ0v) is 14.8. The molecule has 2 unspecified atom stereocenters. The summed E-state index contributed by atoms with van der Waals surface area (Å²) in [5.41, 5.74) is 0.895. The Morgan fingerprint density at radius 1 is 1.52 bits per heavy atom. The van der Waals surface area contributed by atoms with Crippen molar-refractivity contribution in [3.8, 4) is 11.8 Å². The van der Waals surface area contributed by atoms with Gasteiger partial charge in [0.05, 0.1) is 27.7 Å². The first-order valence-electron chi connectivity index (χ1n) is 7.67. The van der Waals surface area contributed by atoms with Crippen molar-refractivity contribution in [2.45, 2.75) is 45.6 Å². The van der Waals surface area contributed by atoms with Gasteiger partial charge in [0.25, 0.3) is 0 Å². The number of nitrogens with zero attached hydrogens (tertiary/aromatic N) is 1. The Morgan fingerprint density at radius 3 is 2.87 bits per heavy atom. The van der Waals surface area contributed by atoms with Gasteiger partial charge in [-0.15, -0.1) is 17.3 Å². The minimum atomic E-state index is -0.925. The Morgan fingerprint density at radius 2 is 2.26 bits per heavy atom. The third-order valence-electron chi connectivity index (χ3n) is 3.77. The number of fused-ring (bicyclic) bond motifs is 1. The molecule has 0 aliphatic heterocycles. The van der Waals surface area contributed by atoms with Gasteiger partial charge in [0.2, 0.25) is 5.91 Å². The summed E-state index contributed by atoms with van der Waals surface area (Å²) < 4.78 is 1.09. The van der Waals surface area contributed by atoms with E-state index in [1.807, 2.05) is 32.0 Å². The molecule has 5 heteroatoms. The van der Waals surface area contributed by atoms with E-state index < -0.39 is 5.54 Å². The topological polar surface area (TPSA) is 62.2 Å². The number of para-hydroxylation sites is 1. The molecule has 0 aliphatic carbocycles. The van der Waals surface area contributed by atoms with Crippen LogP contribution in [0.4, 0.5) is 0 Å². The van der Waals surface area contributed by atoms with Crippen LogP contribution in [0.5, 0.6) is 0 Å². The second kappa shape index (κ2) is 7.12. The predicted octanol–water partition coefficient (Wildman–Crippen LogP) is 2.99. The molecule has 1 amide bonds. The van der Waals surface area contributed by atoms with E-state index in [4.69, 9.17) is 0 Å². The van der Waals surface area contributed by atoms with Gasteiger partial charge in [-0.3, -0.25) is 4.79 Å². The van der Waals surface area contributed by atoms with Crippen molar-refractivity contribution in [1.29, 1.82) is 0 Å². The van der Waals surface area contributed by atoms with Crippen LogP contribution in [-0.2, 0) is 4.79 Å². The van der Waals surface area contributed by atoms with E-state index >= 15 is 0 Å². The molecule has 2 aromatic rings. The highest BCUT2D eigenvalue weighted by Crippen LogP contribution is 2.31. The fraction of sp³-hybridized carbons (Fsp3) is 0.444. The minimum absolute atomic E-state index is 0.134. The van der Waals surface area contributed by atoms with Gasteiger partial charge >= 0.3 is 0 Å². The number of hydrogen-bond donors (Lipinski definition) is 2. The Hall–Kier alpha value is -1.90. The second-order valence-corrected chi connectivity index (χ2v) is 6.98. The molecular weight excluding hydrogens is 308 g/mol. The third kappa shape index (κ3) is 3.72. The van der Waals surface area contributed by atoms with E-state index in [1.54, 1.807) is 25.2 Å². The Bertz CT molecular complexity index is 772. The van der Waals surface area contributed by atoms with Gasteiger partial charge in [-0.25, -0.2) is 4.98 Å². The highest BCUT2D eigenvalue weighted by molar-refractivity contribution is 7.18. The fourth-order valence-electron chi connectivity index (χ4n) is 2.65. The summed E-state index contributed by atoms with van der Waals surface area (Å²) in [6, 6.07) is 5.94. The number of hydrogen-bond acceptors (Lipinski definition) is 4. The highest BCUT2D eigenvalue weighted by Gasteiger charge is 2.29. The molecule has 2 N–H and O–H groups in total. The lowest BCUT2D eigenvalue weighted by Gasteiger charge is -2.26. The molecule has 1 aromatic heterocycles. The van der Waals surface area contributed by atoms with Crippen LogP contribution in [0.2, 0.25) is 0 Å². The summed E-state index contributed by atoms with van der Waals surface area (Å²) in [7, 11) is 0. The van der Waals surface area contributed by atoms with Crippen LogP contribution in [0.25, 0.3) is 10.2 Å². The monoisotopic (exact) mass is 330 g/mol. The molecule has 0 aliphatic rings. The van der Waals surface area contributed by atoms with Gasteiger partial charge in [0, 0.05) is 0 Å². The highest BCUT2D eigenvalue weighted by atomic mass is 32.1. The average molecular weight is 330 g/mol. The summed E-state index contributed by atoms with van der Waals surface area (Å²) in [5, 5.41) is 13.4. The van der Waals surface area contributed by atoms with Crippen molar-refractivity contribution in [3.05, 3.63) is 28.8 Å². The van der Waals surface area contributed by atoms with E-state index in [2.05, 4.69) is 22.1 Å². The molecule has 1 heterocycles.